The summed E-state index contributed by atoms with van der Waals surface area (Å²) in [5, 5.41) is 4.81. The van der Waals surface area contributed by atoms with Crippen LogP contribution in [-0.4, -0.2) is 25.7 Å². The molecule has 1 unspecified atom stereocenters. The summed E-state index contributed by atoms with van der Waals surface area (Å²) in [7, 11) is 0. The predicted octanol–water partition coefficient (Wildman–Crippen LogP) is 2.67. The number of carbonyl (C=O) groups is 1. The Labute approximate surface area is 107 Å². The number of nitrogens with one attached hydrogen (secondary N) is 1. The fraction of sp³-hybridized carbons (Fsp3) is 0.545. The van der Waals surface area contributed by atoms with Gasteiger partial charge in [-0.15, -0.1) is 11.3 Å². The zero-order chi connectivity index (χ0) is 11.4. The topological polar surface area (TPSA) is 38.3 Å². The van der Waals surface area contributed by atoms with Crippen LogP contribution in [0.2, 0.25) is 0 Å². The molecule has 1 saturated heterocycles. The van der Waals surface area contributed by atoms with Crippen LogP contribution < -0.4 is 5.32 Å². The fourth-order valence-electron chi connectivity index (χ4n) is 1.74. The van der Waals surface area contributed by atoms with Crippen LogP contribution in [0, 0.1) is 5.92 Å². The molecule has 88 valence electrons. The van der Waals surface area contributed by atoms with Crippen LogP contribution in [0.1, 0.15) is 23.2 Å². The Morgan fingerprint density at radius 3 is 3.19 bits per heavy atom. The van der Waals surface area contributed by atoms with Crippen LogP contribution in [0.5, 0.6) is 0 Å². The first kappa shape index (κ1) is 12.1. The van der Waals surface area contributed by atoms with Crippen LogP contribution in [-0.2, 0) is 4.74 Å². The molecule has 0 aliphatic carbocycles. The molecule has 0 bridgehead atoms. The lowest BCUT2D eigenvalue weighted by molar-refractivity contribution is 0.0536. The minimum Gasteiger partial charge on any atom is -0.381 e. The normalized spacial score (nSPS) is 20.7. The molecule has 1 fully saturated rings. The summed E-state index contributed by atoms with van der Waals surface area (Å²) in [5.74, 6) is 0.479. The number of hydrogen-bond donors (Lipinski definition) is 1. The maximum absolute atomic E-state index is 11.7. The second-order valence-electron chi connectivity index (χ2n) is 3.93. The average molecular weight is 304 g/mol. The molecule has 1 aliphatic rings. The summed E-state index contributed by atoms with van der Waals surface area (Å²) >= 11 is 4.87. The molecular formula is C11H14BrNO2S. The standard InChI is InChI=1S/C11H14BrNO2S/c12-10-4-9(7-16-10)11(14)13-5-8-2-1-3-15-6-8/h4,7-8H,1-3,5-6H2,(H,13,14). The smallest absolute Gasteiger partial charge is 0.252 e. The Morgan fingerprint density at radius 1 is 1.69 bits per heavy atom. The van der Waals surface area contributed by atoms with Crippen molar-refractivity contribution in [2.45, 2.75) is 12.8 Å². The zero-order valence-corrected chi connectivity index (χ0v) is 11.3. The number of carbonyl (C=O) groups excluding carboxylic acids is 1. The molecule has 0 aromatic carbocycles. The van der Waals surface area contributed by atoms with E-state index in [2.05, 4.69) is 21.2 Å². The van der Waals surface area contributed by atoms with E-state index in [1.165, 1.54) is 11.3 Å². The first-order valence-corrected chi connectivity index (χ1v) is 7.03. The number of halogens is 1. The molecule has 3 nitrogen and oxygen atoms in total. The van der Waals surface area contributed by atoms with E-state index in [-0.39, 0.29) is 5.91 Å². The highest BCUT2D eigenvalue weighted by Crippen LogP contribution is 2.20. The third-order valence-corrected chi connectivity index (χ3v) is 4.14. The van der Waals surface area contributed by atoms with E-state index in [0.717, 1.165) is 35.4 Å². The van der Waals surface area contributed by atoms with Gasteiger partial charge in [-0.25, -0.2) is 0 Å². The molecule has 5 heteroatoms. The largest absolute Gasteiger partial charge is 0.381 e. The van der Waals surface area contributed by atoms with Gasteiger partial charge in [-0.05, 0) is 40.8 Å². The van der Waals surface area contributed by atoms with E-state index >= 15 is 0 Å². The van der Waals surface area contributed by atoms with Gasteiger partial charge in [0.05, 0.1) is 16.0 Å². The van der Waals surface area contributed by atoms with Crippen molar-refractivity contribution >= 4 is 33.2 Å². The van der Waals surface area contributed by atoms with E-state index < -0.39 is 0 Å². The summed E-state index contributed by atoms with van der Waals surface area (Å²) in [6.45, 7) is 2.35. The van der Waals surface area contributed by atoms with Crippen LogP contribution in [0.4, 0.5) is 0 Å². The van der Waals surface area contributed by atoms with E-state index in [0.29, 0.717) is 12.5 Å². The molecule has 1 aliphatic heterocycles. The molecule has 0 spiro atoms. The molecule has 1 aromatic rings. The Kier molecular flexibility index (Phi) is 4.37. The monoisotopic (exact) mass is 303 g/mol. The lowest BCUT2D eigenvalue weighted by Gasteiger charge is -2.22. The van der Waals surface area contributed by atoms with Gasteiger partial charge in [-0.3, -0.25) is 4.79 Å². The maximum Gasteiger partial charge on any atom is 0.252 e. The van der Waals surface area contributed by atoms with Crippen LogP contribution in [0.3, 0.4) is 0 Å². The number of ether oxygens (including phenoxy) is 1. The molecule has 1 amide bonds. The fourth-order valence-corrected chi connectivity index (χ4v) is 2.87. The quantitative estimate of drug-likeness (QED) is 0.932. The van der Waals surface area contributed by atoms with Gasteiger partial charge >= 0.3 is 0 Å². The summed E-state index contributed by atoms with van der Waals surface area (Å²) in [6, 6.07) is 1.84. The van der Waals surface area contributed by atoms with Gasteiger partial charge < -0.3 is 10.1 Å². The molecule has 1 atom stereocenters. The lowest BCUT2D eigenvalue weighted by Crippen LogP contribution is -2.33. The van der Waals surface area contributed by atoms with Crippen molar-refractivity contribution in [1.82, 2.24) is 5.32 Å². The van der Waals surface area contributed by atoms with Crippen molar-refractivity contribution in [1.29, 1.82) is 0 Å². The highest BCUT2D eigenvalue weighted by Gasteiger charge is 2.15. The molecule has 1 aromatic heterocycles. The van der Waals surface area contributed by atoms with Crippen molar-refractivity contribution in [3.8, 4) is 0 Å². The lowest BCUT2D eigenvalue weighted by atomic mass is 10.0. The summed E-state index contributed by atoms with van der Waals surface area (Å²) in [6.07, 6.45) is 2.25. The first-order chi connectivity index (χ1) is 7.75. The Hall–Kier alpha value is -0.390. The summed E-state index contributed by atoms with van der Waals surface area (Å²) in [5.41, 5.74) is 0.730. The second kappa shape index (κ2) is 5.80. The number of amides is 1. The minimum atomic E-state index is 0.00697. The Balaban J connectivity index is 1.79. The number of thiophene rings is 1. The molecule has 0 saturated carbocycles. The van der Waals surface area contributed by atoms with Gasteiger partial charge in [-0.2, -0.15) is 0 Å². The number of rotatable bonds is 3. The third kappa shape index (κ3) is 3.30. The molecule has 16 heavy (non-hydrogen) atoms. The average Bonchev–Trinajstić information content (AvgIpc) is 2.74. The molecule has 0 radical (unpaired) electrons. The van der Waals surface area contributed by atoms with Crippen molar-refractivity contribution in [2.75, 3.05) is 19.8 Å². The predicted molar refractivity (Wildman–Crippen MR) is 67.9 cm³/mol. The second-order valence-corrected chi connectivity index (χ2v) is 6.22. The third-order valence-electron chi connectivity index (χ3n) is 2.64. The van der Waals surface area contributed by atoms with Gasteiger partial charge in [-0.1, -0.05) is 0 Å². The minimum absolute atomic E-state index is 0.00697. The zero-order valence-electron chi connectivity index (χ0n) is 8.87. The number of hydrogen-bond acceptors (Lipinski definition) is 3. The van der Waals surface area contributed by atoms with Gasteiger partial charge in [0, 0.05) is 18.5 Å². The highest BCUT2D eigenvalue weighted by atomic mass is 79.9. The van der Waals surface area contributed by atoms with Gasteiger partial charge in [0.2, 0.25) is 0 Å². The van der Waals surface area contributed by atoms with Crippen molar-refractivity contribution in [2.24, 2.45) is 5.92 Å². The van der Waals surface area contributed by atoms with Crippen LogP contribution >= 0.6 is 27.3 Å². The van der Waals surface area contributed by atoms with E-state index in [4.69, 9.17) is 4.74 Å². The van der Waals surface area contributed by atoms with Crippen LogP contribution in [0.15, 0.2) is 15.2 Å². The summed E-state index contributed by atoms with van der Waals surface area (Å²) < 4.78 is 6.35. The summed E-state index contributed by atoms with van der Waals surface area (Å²) in [4.78, 5) is 11.7. The first-order valence-electron chi connectivity index (χ1n) is 5.35. The van der Waals surface area contributed by atoms with Gasteiger partial charge in [0.25, 0.3) is 5.91 Å². The van der Waals surface area contributed by atoms with Gasteiger partial charge in [0.1, 0.15) is 0 Å². The Morgan fingerprint density at radius 2 is 2.56 bits per heavy atom. The van der Waals surface area contributed by atoms with Gasteiger partial charge in [0.15, 0.2) is 0 Å². The Bertz CT molecular complexity index is 361. The van der Waals surface area contributed by atoms with E-state index in [1.807, 2.05) is 11.4 Å². The highest BCUT2D eigenvalue weighted by molar-refractivity contribution is 9.11. The SMILES string of the molecule is O=C(NCC1CCCOC1)c1csc(Br)c1. The molecule has 2 heterocycles. The van der Waals surface area contributed by atoms with Crippen LogP contribution in [0.25, 0.3) is 0 Å². The molecular weight excluding hydrogens is 290 g/mol. The molecule has 1 N–H and O–H groups in total. The molecule has 2 rings (SSSR count). The van der Waals surface area contributed by atoms with E-state index in [1.54, 1.807) is 0 Å². The maximum atomic E-state index is 11.7. The van der Waals surface area contributed by atoms with Crippen molar-refractivity contribution in [3.63, 3.8) is 0 Å². The van der Waals surface area contributed by atoms with E-state index in [9.17, 15) is 4.79 Å². The van der Waals surface area contributed by atoms with Crippen molar-refractivity contribution < 1.29 is 9.53 Å². The van der Waals surface area contributed by atoms with Crippen molar-refractivity contribution in [3.05, 3.63) is 20.8 Å².